The van der Waals surface area contributed by atoms with Gasteiger partial charge >= 0.3 is 0 Å². The molecule has 0 aliphatic carbocycles. The Morgan fingerprint density at radius 1 is 1.17 bits per heavy atom. The smallest absolute Gasteiger partial charge is 0.138 e. The van der Waals surface area contributed by atoms with Crippen molar-refractivity contribution in [1.29, 1.82) is 5.26 Å². The van der Waals surface area contributed by atoms with Crippen molar-refractivity contribution >= 4 is 11.8 Å². The number of thioether (sulfide) groups is 1. The summed E-state index contributed by atoms with van der Waals surface area (Å²) in [6.45, 7) is 1.35. The normalized spacial score (nSPS) is 32.2. The molecular weight excluding hydrogens is 396 g/mol. The zero-order valence-corrected chi connectivity index (χ0v) is 16.8. The first-order chi connectivity index (χ1) is 13.9. The number of hydrogen-bond donors (Lipinski definition) is 5. The van der Waals surface area contributed by atoms with Crippen LogP contribution in [0.3, 0.4) is 0 Å². The molecule has 0 aromatic heterocycles. The van der Waals surface area contributed by atoms with Crippen molar-refractivity contribution in [2.75, 3.05) is 13.7 Å². The molecule has 156 valence electrons. The number of benzene rings is 1. The van der Waals surface area contributed by atoms with Gasteiger partial charge in [0.05, 0.1) is 30.4 Å². The van der Waals surface area contributed by atoms with Gasteiger partial charge in [-0.2, -0.15) is 5.26 Å². The summed E-state index contributed by atoms with van der Waals surface area (Å²) in [4.78, 5) is 0. The van der Waals surface area contributed by atoms with E-state index in [9.17, 15) is 25.7 Å². The summed E-state index contributed by atoms with van der Waals surface area (Å²) in [6.07, 6.45) is -3.36. The van der Waals surface area contributed by atoms with Gasteiger partial charge in [0.15, 0.2) is 0 Å². The van der Waals surface area contributed by atoms with Gasteiger partial charge in [0.25, 0.3) is 0 Å². The van der Waals surface area contributed by atoms with Crippen molar-refractivity contribution in [1.82, 2.24) is 5.32 Å². The van der Waals surface area contributed by atoms with E-state index in [-0.39, 0.29) is 5.92 Å². The maximum atomic E-state index is 10.3. The molecule has 5 N–H and O–H groups in total. The largest absolute Gasteiger partial charge is 0.497 e. The monoisotopic (exact) mass is 420 g/mol. The molecule has 0 saturated carbocycles. The van der Waals surface area contributed by atoms with Gasteiger partial charge in [-0.15, -0.1) is 0 Å². The number of nitriles is 1. The number of dihydropyridines is 1. The summed E-state index contributed by atoms with van der Waals surface area (Å²) in [5.41, 5.74) is 1.17. The molecule has 2 aliphatic heterocycles. The van der Waals surface area contributed by atoms with E-state index in [0.29, 0.717) is 16.4 Å². The van der Waals surface area contributed by atoms with Gasteiger partial charge in [-0.3, -0.25) is 0 Å². The fourth-order valence-corrected chi connectivity index (χ4v) is 4.58. The lowest BCUT2D eigenvalue weighted by molar-refractivity contribution is -0.205. The minimum absolute atomic E-state index is 0.306. The predicted octanol–water partition coefficient (Wildman–Crippen LogP) is 0.554. The molecule has 1 fully saturated rings. The van der Waals surface area contributed by atoms with Gasteiger partial charge in [0.2, 0.25) is 0 Å². The zero-order chi connectivity index (χ0) is 21.1. The molecule has 6 atom stereocenters. The second kappa shape index (κ2) is 9.17. The Morgan fingerprint density at radius 3 is 2.45 bits per heavy atom. The molecule has 1 aromatic carbocycles. The van der Waals surface area contributed by atoms with Crippen molar-refractivity contribution in [3.8, 4) is 11.8 Å². The van der Waals surface area contributed by atoms with Crippen LogP contribution in [0.2, 0.25) is 0 Å². The first-order valence-corrected chi connectivity index (χ1v) is 9.98. The van der Waals surface area contributed by atoms with Gasteiger partial charge in [0.1, 0.15) is 35.6 Å². The van der Waals surface area contributed by atoms with E-state index in [2.05, 4.69) is 11.4 Å². The van der Waals surface area contributed by atoms with Crippen LogP contribution in [0.5, 0.6) is 5.75 Å². The summed E-state index contributed by atoms with van der Waals surface area (Å²) in [7, 11) is 1.58. The number of nitrogens with zero attached hydrogens (tertiary/aromatic N) is 1. The molecule has 1 unspecified atom stereocenters. The highest BCUT2D eigenvalue weighted by atomic mass is 32.2. The van der Waals surface area contributed by atoms with E-state index >= 15 is 0 Å². The molecular formula is C20H24N2O6S. The fourth-order valence-electron chi connectivity index (χ4n) is 3.33. The van der Waals surface area contributed by atoms with E-state index in [1.165, 1.54) is 0 Å². The van der Waals surface area contributed by atoms with Crippen LogP contribution >= 0.6 is 11.8 Å². The quantitative estimate of drug-likeness (QED) is 0.463. The van der Waals surface area contributed by atoms with Crippen LogP contribution < -0.4 is 10.1 Å². The molecule has 2 heterocycles. The molecule has 0 radical (unpaired) electrons. The van der Waals surface area contributed by atoms with Gasteiger partial charge in [0, 0.05) is 11.6 Å². The van der Waals surface area contributed by atoms with E-state index < -0.39 is 36.5 Å². The second-order valence-electron chi connectivity index (χ2n) is 6.90. The number of hydrogen-bond acceptors (Lipinski definition) is 9. The summed E-state index contributed by atoms with van der Waals surface area (Å²) < 4.78 is 10.8. The third kappa shape index (κ3) is 4.43. The molecule has 3 rings (SSSR count). The van der Waals surface area contributed by atoms with E-state index in [1.54, 1.807) is 7.11 Å². The van der Waals surface area contributed by atoms with E-state index in [0.717, 1.165) is 23.0 Å². The highest BCUT2D eigenvalue weighted by molar-refractivity contribution is 8.03. The Balaban J connectivity index is 1.90. The summed E-state index contributed by atoms with van der Waals surface area (Å²) in [5, 5.41) is 53.1. The summed E-state index contributed by atoms with van der Waals surface area (Å²) >= 11 is 1.04. The fraction of sp³-hybridized carbons (Fsp3) is 0.450. The summed E-state index contributed by atoms with van der Waals surface area (Å²) in [5.74, 6) is 0.404. The standard InChI is InChI=1S/C20H24N2O6S/c1-10-7-13(11-3-5-12(27-2)6-4-11)14(8-21)19(22-10)29-20-18(26)17(25)16(24)15(9-23)28-20/h3-7,13,15-18,20,22-26H,9H2,1-2H3/t13?,15-,16-,17+,18-,20+/m1/s1. The molecule has 2 aliphatic rings. The molecule has 1 aromatic rings. The Labute approximate surface area is 173 Å². The highest BCUT2D eigenvalue weighted by Crippen LogP contribution is 2.40. The van der Waals surface area contributed by atoms with Crippen LogP contribution in [-0.2, 0) is 4.74 Å². The van der Waals surface area contributed by atoms with Crippen LogP contribution in [0.15, 0.2) is 46.6 Å². The average Bonchev–Trinajstić information content (AvgIpc) is 2.73. The van der Waals surface area contributed by atoms with E-state index in [1.807, 2.05) is 37.3 Å². The van der Waals surface area contributed by atoms with Crippen molar-refractivity contribution in [3.63, 3.8) is 0 Å². The molecule has 8 nitrogen and oxygen atoms in total. The molecule has 9 heteroatoms. The van der Waals surface area contributed by atoms with Gasteiger partial charge in [-0.1, -0.05) is 30.0 Å². The minimum Gasteiger partial charge on any atom is -0.497 e. The number of ether oxygens (including phenoxy) is 2. The second-order valence-corrected chi connectivity index (χ2v) is 8.00. The maximum absolute atomic E-state index is 10.3. The number of rotatable bonds is 5. The molecule has 0 bridgehead atoms. The number of aliphatic hydroxyl groups is 4. The number of allylic oxidation sites excluding steroid dienone is 3. The number of methoxy groups -OCH3 is 1. The third-order valence-electron chi connectivity index (χ3n) is 4.96. The van der Waals surface area contributed by atoms with Crippen LogP contribution in [-0.4, -0.2) is 64.0 Å². The SMILES string of the molecule is COc1ccc(C2C=C(C)NC(S[C@@H]3O[C@H](CO)[C@@H](O)[C@H](O)[C@H]3O)=C2C#N)cc1. The average molecular weight is 420 g/mol. The lowest BCUT2D eigenvalue weighted by atomic mass is 9.89. The molecule has 0 amide bonds. The van der Waals surface area contributed by atoms with Gasteiger partial charge in [-0.25, -0.2) is 0 Å². The summed E-state index contributed by atoms with van der Waals surface area (Å²) in [6, 6.07) is 9.62. The van der Waals surface area contributed by atoms with Crippen molar-refractivity contribution in [3.05, 3.63) is 52.2 Å². The topological polar surface area (TPSA) is 135 Å². The van der Waals surface area contributed by atoms with Crippen molar-refractivity contribution in [2.24, 2.45) is 0 Å². The van der Waals surface area contributed by atoms with Gasteiger partial charge in [-0.05, 0) is 24.6 Å². The zero-order valence-electron chi connectivity index (χ0n) is 16.0. The predicted molar refractivity (Wildman–Crippen MR) is 107 cm³/mol. The Bertz CT molecular complexity index is 832. The lowest BCUT2D eigenvalue weighted by Crippen LogP contribution is -2.57. The van der Waals surface area contributed by atoms with Crippen LogP contribution in [0.4, 0.5) is 0 Å². The van der Waals surface area contributed by atoms with Crippen LogP contribution in [0.25, 0.3) is 0 Å². The van der Waals surface area contributed by atoms with E-state index in [4.69, 9.17) is 9.47 Å². The third-order valence-corrected chi connectivity index (χ3v) is 6.14. The maximum Gasteiger partial charge on any atom is 0.138 e. The molecule has 29 heavy (non-hydrogen) atoms. The number of nitrogens with one attached hydrogen (secondary N) is 1. The number of aliphatic hydroxyl groups excluding tert-OH is 4. The first kappa shape index (κ1) is 21.6. The highest BCUT2D eigenvalue weighted by Gasteiger charge is 2.44. The Kier molecular flexibility index (Phi) is 6.85. The lowest BCUT2D eigenvalue weighted by Gasteiger charge is -2.40. The van der Waals surface area contributed by atoms with Crippen molar-refractivity contribution < 1.29 is 29.9 Å². The molecule has 1 saturated heterocycles. The van der Waals surface area contributed by atoms with Crippen LogP contribution in [0.1, 0.15) is 18.4 Å². The minimum atomic E-state index is -1.47. The first-order valence-electron chi connectivity index (χ1n) is 9.10. The Hall–Kier alpha value is -2.06. The van der Waals surface area contributed by atoms with Crippen molar-refractivity contribution in [2.45, 2.75) is 42.7 Å². The van der Waals surface area contributed by atoms with Gasteiger partial charge < -0.3 is 35.2 Å². The Morgan fingerprint density at radius 2 is 1.86 bits per heavy atom. The van der Waals surface area contributed by atoms with Crippen LogP contribution in [0, 0.1) is 11.3 Å². The molecule has 0 spiro atoms.